The molecule has 0 aromatic heterocycles. The zero-order valence-corrected chi connectivity index (χ0v) is 11.6. The van der Waals surface area contributed by atoms with Crippen molar-refractivity contribution >= 4 is 29.1 Å². The number of carbonyl (C=O) groups is 2. The van der Waals surface area contributed by atoms with Crippen LogP contribution < -0.4 is 4.90 Å². The van der Waals surface area contributed by atoms with Crippen molar-refractivity contribution in [3.63, 3.8) is 0 Å². The Balaban J connectivity index is 1.96. The zero-order chi connectivity index (χ0) is 14.3. The van der Waals surface area contributed by atoms with Gasteiger partial charge in [0.25, 0.3) is 0 Å². The molecule has 6 heteroatoms. The molecule has 3 rings (SSSR count). The van der Waals surface area contributed by atoms with Crippen molar-refractivity contribution in [2.24, 2.45) is 0 Å². The summed E-state index contributed by atoms with van der Waals surface area (Å²) in [7, 11) is 0. The summed E-state index contributed by atoms with van der Waals surface area (Å²) in [5.41, 5.74) is 0.0843. The van der Waals surface area contributed by atoms with Crippen molar-refractivity contribution < 1.29 is 14.0 Å². The van der Waals surface area contributed by atoms with Crippen LogP contribution in [0.3, 0.4) is 0 Å². The van der Waals surface area contributed by atoms with E-state index in [4.69, 9.17) is 11.6 Å². The zero-order valence-electron chi connectivity index (χ0n) is 10.8. The second-order valence-electron chi connectivity index (χ2n) is 5.12. The van der Waals surface area contributed by atoms with E-state index in [-0.39, 0.29) is 24.0 Å². The Morgan fingerprint density at radius 2 is 2.05 bits per heavy atom. The van der Waals surface area contributed by atoms with Gasteiger partial charge in [-0.05, 0) is 37.5 Å². The minimum absolute atomic E-state index is 0.0843. The first-order valence-corrected chi connectivity index (χ1v) is 7.01. The van der Waals surface area contributed by atoms with Gasteiger partial charge in [-0.1, -0.05) is 11.6 Å². The molecule has 1 aromatic rings. The van der Waals surface area contributed by atoms with Crippen molar-refractivity contribution in [2.75, 3.05) is 18.0 Å². The van der Waals surface area contributed by atoms with E-state index in [9.17, 15) is 14.0 Å². The highest BCUT2D eigenvalue weighted by molar-refractivity contribution is 6.31. The smallest absolute Gasteiger partial charge is 0.250 e. The number of hydrogen-bond acceptors (Lipinski definition) is 2. The summed E-state index contributed by atoms with van der Waals surface area (Å²) in [6, 6.07) is 3.57. The maximum atomic E-state index is 13.9. The fourth-order valence-corrected chi connectivity index (χ4v) is 3.03. The van der Waals surface area contributed by atoms with Gasteiger partial charge in [-0.25, -0.2) is 4.39 Å². The van der Waals surface area contributed by atoms with E-state index in [0.29, 0.717) is 18.0 Å². The number of fused-ring (bicyclic) bond motifs is 1. The van der Waals surface area contributed by atoms with Gasteiger partial charge in [0.05, 0.1) is 5.69 Å². The molecule has 2 amide bonds. The summed E-state index contributed by atoms with van der Waals surface area (Å²) in [5.74, 6) is -0.890. The number of piperazine rings is 1. The number of carbonyl (C=O) groups excluding carboxylic acids is 2. The molecule has 2 saturated heterocycles. The Labute approximate surface area is 121 Å². The largest absolute Gasteiger partial charge is 0.329 e. The molecule has 0 N–H and O–H groups in total. The lowest BCUT2D eigenvalue weighted by atomic mass is 9.98. The molecule has 0 aliphatic carbocycles. The molecule has 1 atom stereocenters. The first kappa shape index (κ1) is 13.4. The number of anilines is 1. The fourth-order valence-electron chi connectivity index (χ4n) is 2.87. The number of benzene rings is 1. The molecule has 1 unspecified atom stereocenters. The van der Waals surface area contributed by atoms with Gasteiger partial charge in [0.15, 0.2) is 0 Å². The van der Waals surface area contributed by atoms with Crippen molar-refractivity contribution in [3.05, 3.63) is 29.0 Å². The number of piperidine rings is 1. The molecule has 20 heavy (non-hydrogen) atoms. The van der Waals surface area contributed by atoms with Crippen molar-refractivity contribution in [2.45, 2.75) is 25.3 Å². The first-order chi connectivity index (χ1) is 9.58. The Hall–Kier alpha value is -1.62. The van der Waals surface area contributed by atoms with Gasteiger partial charge in [0, 0.05) is 11.6 Å². The molecular formula is C14H14ClFN2O2. The Kier molecular flexibility index (Phi) is 3.38. The molecule has 4 nitrogen and oxygen atoms in total. The maximum absolute atomic E-state index is 13.9. The minimum Gasteiger partial charge on any atom is -0.329 e. The predicted octanol–water partition coefficient (Wildman–Crippen LogP) is 2.21. The van der Waals surface area contributed by atoms with Gasteiger partial charge in [-0.3, -0.25) is 14.5 Å². The molecule has 106 valence electrons. The number of hydrogen-bond donors (Lipinski definition) is 0. The van der Waals surface area contributed by atoms with Crippen molar-refractivity contribution in [1.82, 2.24) is 4.90 Å². The van der Waals surface area contributed by atoms with Crippen molar-refractivity contribution in [3.8, 4) is 0 Å². The molecule has 0 saturated carbocycles. The van der Waals surface area contributed by atoms with Crippen LogP contribution in [-0.4, -0.2) is 35.8 Å². The van der Waals surface area contributed by atoms with Crippen LogP contribution in [0.5, 0.6) is 0 Å². The van der Waals surface area contributed by atoms with E-state index in [1.54, 1.807) is 4.90 Å². The average Bonchev–Trinajstić information content (AvgIpc) is 2.46. The molecule has 2 aliphatic rings. The second kappa shape index (κ2) is 5.05. The number of halogens is 2. The van der Waals surface area contributed by atoms with Gasteiger partial charge in [-0.15, -0.1) is 0 Å². The topological polar surface area (TPSA) is 40.6 Å². The van der Waals surface area contributed by atoms with Crippen LogP contribution in [0.25, 0.3) is 0 Å². The Morgan fingerprint density at radius 3 is 2.85 bits per heavy atom. The normalized spacial score (nSPS) is 23.0. The van der Waals surface area contributed by atoms with Gasteiger partial charge < -0.3 is 4.90 Å². The van der Waals surface area contributed by atoms with Gasteiger partial charge in [-0.2, -0.15) is 0 Å². The molecular weight excluding hydrogens is 283 g/mol. The second-order valence-corrected chi connectivity index (χ2v) is 5.56. The van der Waals surface area contributed by atoms with Crippen LogP contribution in [0.1, 0.15) is 19.3 Å². The number of rotatable bonds is 1. The molecule has 0 bridgehead atoms. The standard InChI is InChI=1S/C14H14ClFN2O2/c15-9-4-5-10(16)12(7-9)18-8-13(19)17-6-2-1-3-11(17)14(18)20/h4-5,7,11H,1-3,6,8H2. The van der Waals surface area contributed by atoms with Crippen molar-refractivity contribution in [1.29, 1.82) is 0 Å². The summed E-state index contributed by atoms with van der Waals surface area (Å²) >= 11 is 5.86. The fraction of sp³-hybridized carbons (Fsp3) is 0.429. The number of amides is 2. The first-order valence-electron chi connectivity index (χ1n) is 6.64. The molecule has 2 heterocycles. The van der Waals surface area contributed by atoms with Crippen LogP contribution in [0.2, 0.25) is 5.02 Å². The van der Waals surface area contributed by atoms with Crippen LogP contribution in [0, 0.1) is 5.82 Å². The summed E-state index contributed by atoms with van der Waals surface area (Å²) < 4.78 is 13.9. The van der Waals surface area contributed by atoms with E-state index in [1.165, 1.54) is 23.1 Å². The highest BCUT2D eigenvalue weighted by atomic mass is 35.5. The third-order valence-corrected chi connectivity index (χ3v) is 4.10. The average molecular weight is 297 g/mol. The molecule has 1 aromatic carbocycles. The lowest BCUT2D eigenvalue weighted by Crippen LogP contribution is -2.61. The quantitative estimate of drug-likeness (QED) is 0.797. The van der Waals surface area contributed by atoms with Gasteiger partial charge in [0.2, 0.25) is 11.8 Å². The van der Waals surface area contributed by atoms with E-state index in [1.807, 2.05) is 0 Å². The maximum Gasteiger partial charge on any atom is 0.250 e. The third-order valence-electron chi connectivity index (χ3n) is 3.87. The van der Waals surface area contributed by atoms with E-state index >= 15 is 0 Å². The van der Waals surface area contributed by atoms with Gasteiger partial charge in [0.1, 0.15) is 18.4 Å². The Morgan fingerprint density at radius 1 is 1.25 bits per heavy atom. The lowest BCUT2D eigenvalue weighted by Gasteiger charge is -2.42. The highest BCUT2D eigenvalue weighted by Crippen LogP contribution is 2.30. The minimum atomic E-state index is -0.542. The SMILES string of the molecule is O=C1C2CCCCN2C(=O)CN1c1cc(Cl)ccc1F. The molecule has 2 fully saturated rings. The van der Waals surface area contributed by atoms with E-state index < -0.39 is 11.9 Å². The number of nitrogens with zero attached hydrogens (tertiary/aromatic N) is 2. The molecule has 0 spiro atoms. The molecule has 2 aliphatic heterocycles. The summed E-state index contributed by atoms with van der Waals surface area (Å²) in [6.45, 7) is 0.494. The molecule has 0 radical (unpaired) electrons. The third kappa shape index (κ3) is 2.16. The van der Waals surface area contributed by atoms with Gasteiger partial charge >= 0.3 is 0 Å². The Bertz CT molecular complexity index is 578. The summed E-state index contributed by atoms with van der Waals surface area (Å²) in [5, 5.41) is 0.340. The van der Waals surface area contributed by atoms with Crippen LogP contribution in [-0.2, 0) is 9.59 Å². The lowest BCUT2D eigenvalue weighted by molar-refractivity contribution is -0.144. The van der Waals surface area contributed by atoms with E-state index in [2.05, 4.69) is 0 Å². The van der Waals surface area contributed by atoms with Crippen LogP contribution in [0.4, 0.5) is 10.1 Å². The van der Waals surface area contributed by atoms with E-state index in [0.717, 1.165) is 12.8 Å². The van der Waals surface area contributed by atoms with Crippen LogP contribution >= 0.6 is 11.6 Å². The predicted molar refractivity (Wildman–Crippen MR) is 73.1 cm³/mol. The monoisotopic (exact) mass is 296 g/mol. The van der Waals surface area contributed by atoms with Crippen LogP contribution in [0.15, 0.2) is 18.2 Å². The summed E-state index contributed by atoms with van der Waals surface area (Å²) in [4.78, 5) is 27.5. The summed E-state index contributed by atoms with van der Waals surface area (Å²) in [6.07, 6.45) is 2.47. The highest BCUT2D eigenvalue weighted by Gasteiger charge is 2.41.